The van der Waals surface area contributed by atoms with E-state index in [0.29, 0.717) is 17.3 Å². The number of methoxy groups -OCH3 is 2. The molecule has 0 bridgehead atoms. The Kier molecular flexibility index (Phi) is 6.95. The summed E-state index contributed by atoms with van der Waals surface area (Å²) in [4.78, 5) is 18.3. The normalized spacial score (nSPS) is 11.6. The highest BCUT2D eigenvalue weighted by Crippen LogP contribution is 2.40. The molecule has 0 saturated carbocycles. The number of anilines is 2. The second kappa shape index (κ2) is 10.2. The van der Waals surface area contributed by atoms with Crippen LogP contribution >= 0.6 is 11.3 Å². The van der Waals surface area contributed by atoms with Gasteiger partial charge in [0.05, 0.1) is 26.5 Å². The van der Waals surface area contributed by atoms with Gasteiger partial charge in [-0.05, 0) is 54.4 Å². The predicted molar refractivity (Wildman–Crippen MR) is 130 cm³/mol. The van der Waals surface area contributed by atoms with Crippen LogP contribution in [0.1, 0.15) is 39.5 Å². The summed E-state index contributed by atoms with van der Waals surface area (Å²) >= 11 is 1.55. The highest BCUT2D eigenvalue weighted by molar-refractivity contribution is 7.16. The molecule has 0 radical (unpaired) electrons. The molecule has 8 heteroatoms. The van der Waals surface area contributed by atoms with Crippen molar-refractivity contribution in [3.63, 3.8) is 0 Å². The van der Waals surface area contributed by atoms with Crippen molar-refractivity contribution in [2.75, 3.05) is 24.9 Å². The van der Waals surface area contributed by atoms with Crippen molar-refractivity contribution in [2.24, 2.45) is 0 Å². The molecule has 1 amide bonds. The monoisotopic (exact) mass is 463 g/mol. The number of ether oxygens (including phenoxy) is 2. The summed E-state index contributed by atoms with van der Waals surface area (Å²) in [6.07, 6.45) is 4.06. The SMILES string of the molecule is CCc1cc(C(Nc2ccccn2)c2ccc(OC)c(OC)c2)c(NC(=O)c2ccco2)s1. The lowest BCUT2D eigenvalue weighted by Crippen LogP contribution is -2.17. The lowest BCUT2D eigenvalue weighted by molar-refractivity contribution is 0.0997. The Morgan fingerprint density at radius 2 is 1.94 bits per heavy atom. The zero-order valence-electron chi connectivity index (χ0n) is 18.6. The average molecular weight is 464 g/mol. The number of carbonyl (C=O) groups excluding carboxylic acids is 1. The van der Waals surface area contributed by atoms with E-state index >= 15 is 0 Å². The van der Waals surface area contributed by atoms with E-state index in [0.717, 1.165) is 27.4 Å². The second-order valence-electron chi connectivity index (χ2n) is 7.19. The van der Waals surface area contributed by atoms with E-state index in [4.69, 9.17) is 13.9 Å². The number of nitrogens with one attached hydrogen (secondary N) is 2. The molecule has 3 heterocycles. The number of furan rings is 1. The molecule has 7 nitrogen and oxygen atoms in total. The first-order valence-electron chi connectivity index (χ1n) is 10.5. The number of hydrogen-bond acceptors (Lipinski definition) is 7. The molecule has 0 aliphatic heterocycles. The van der Waals surface area contributed by atoms with Crippen molar-refractivity contribution in [3.05, 3.63) is 88.8 Å². The number of thiophene rings is 1. The van der Waals surface area contributed by atoms with E-state index in [1.54, 1.807) is 43.9 Å². The first kappa shape index (κ1) is 22.4. The molecule has 1 unspecified atom stereocenters. The third-order valence-electron chi connectivity index (χ3n) is 5.14. The second-order valence-corrected chi connectivity index (χ2v) is 8.33. The topological polar surface area (TPSA) is 85.6 Å². The van der Waals surface area contributed by atoms with Crippen molar-refractivity contribution < 1.29 is 18.7 Å². The Morgan fingerprint density at radius 3 is 2.61 bits per heavy atom. The number of hydrogen-bond donors (Lipinski definition) is 2. The number of benzene rings is 1. The molecule has 1 aromatic carbocycles. The van der Waals surface area contributed by atoms with Gasteiger partial charge in [0.1, 0.15) is 10.8 Å². The van der Waals surface area contributed by atoms with E-state index in [1.165, 1.54) is 6.26 Å². The third kappa shape index (κ3) is 5.01. The zero-order chi connectivity index (χ0) is 23.2. The van der Waals surface area contributed by atoms with E-state index in [9.17, 15) is 4.79 Å². The van der Waals surface area contributed by atoms with Crippen LogP contribution in [0.3, 0.4) is 0 Å². The minimum Gasteiger partial charge on any atom is -0.493 e. The summed E-state index contributed by atoms with van der Waals surface area (Å²) in [6.45, 7) is 2.09. The molecule has 1 atom stereocenters. The smallest absolute Gasteiger partial charge is 0.291 e. The minimum absolute atomic E-state index is 0.257. The van der Waals surface area contributed by atoms with Crippen molar-refractivity contribution in [2.45, 2.75) is 19.4 Å². The summed E-state index contributed by atoms with van der Waals surface area (Å²) in [5.74, 6) is 1.94. The molecular formula is C25H25N3O4S. The quantitative estimate of drug-likeness (QED) is 0.328. The lowest BCUT2D eigenvalue weighted by Gasteiger charge is -2.22. The molecule has 4 rings (SSSR count). The van der Waals surface area contributed by atoms with Crippen LogP contribution in [0.4, 0.5) is 10.8 Å². The molecule has 0 aliphatic rings. The number of nitrogens with zero attached hydrogens (tertiary/aromatic N) is 1. The summed E-state index contributed by atoms with van der Waals surface area (Å²) in [7, 11) is 3.22. The molecule has 2 N–H and O–H groups in total. The highest BCUT2D eigenvalue weighted by atomic mass is 32.1. The van der Waals surface area contributed by atoms with Crippen molar-refractivity contribution in [1.29, 1.82) is 0 Å². The molecule has 0 saturated heterocycles. The molecule has 0 fully saturated rings. The molecular weight excluding hydrogens is 438 g/mol. The standard InChI is InChI=1S/C25H25N3O4S/c1-4-17-15-18(25(33-17)28-24(29)20-8-7-13-32-20)23(27-22-9-5-6-12-26-22)16-10-11-19(30-2)21(14-16)31-3/h5-15,23H,4H2,1-3H3,(H,26,27)(H,28,29). The third-order valence-corrected chi connectivity index (χ3v) is 6.35. The molecule has 170 valence electrons. The number of aryl methyl sites for hydroxylation is 1. The van der Waals surface area contributed by atoms with Gasteiger partial charge in [-0.3, -0.25) is 4.79 Å². The lowest BCUT2D eigenvalue weighted by atomic mass is 9.99. The largest absolute Gasteiger partial charge is 0.493 e. The van der Waals surface area contributed by atoms with E-state index in [1.807, 2.05) is 36.4 Å². The molecule has 0 spiro atoms. The van der Waals surface area contributed by atoms with Gasteiger partial charge in [0.2, 0.25) is 0 Å². The number of amides is 1. The van der Waals surface area contributed by atoms with Crippen LogP contribution in [0.5, 0.6) is 11.5 Å². The van der Waals surface area contributed by atoms with Gasteiger partial charge in [0, 0.05) is 16.6 Å². The maximum Gasteiger partial charge on any atom is 0.291 e. The van der Waals surface area contributed by atoms with Crippen molar-refractivity contribution >= 4 is 28.1 Å². The molecule has 3 aromatic heterocycles. The van der Waals surface area contributed by atoms with Crippen LogP contribution in [-0.4, -0.2) is 25.1 Å². The molecule has 0 aliphatic carbocycles. The fraction of sp³-hybridized carbons (Fsp3) is 0.200. The summed E-state index contributed by atoms with van der Waals surface area (Å²) in [5, 5.41) is 7.28. The summed E-state index contributed by atoms with van der Waals surface area (Å²) in [5.41, 5.74) is 1.86. The van der Waals surface area contributed by atoms with Crippen LogP contribution in [0.15, 0.2) is 71.5 Å². The number of aromatic nitrogens is 1. The van der Waals surface area contributed by atoms with Gasteiger partial charge in [0.25, 0.3) is 5.91 Å². The van der Waals surface area contributed by atoms with Gasteiger partial charge in [0.15, 0.2) is 17.3 Å². The van der Waals surface area contributed by atoms with Gasteiger partial charge in [-0.2, -0.15) is 0 Å². The van der Waals surface area contributed by atoms with Gasteiger partial charge in [-0.1, -0.05) is 19.1 Å². The minimum atomic E-state index is -0.303. The predicted octanol–water partition coefficient (Wildman–Crippen LogP) is 5.77. The Bertz CT molecular complexity index is 1210. The van der Waals surface area contributed by atoms with Gasteiger partial charge in [-0.25, -0.2) is 4.98 Å². The van der Waals surface area contributed by atoms with Crippen molar-refractivity contribution in [3.8, 4) is 11.5 Å². The van der Waals surface area contributed by atoms with Crippen LogP contribution in [0, 0.1) is 0 Å². The maximum absolute atomic E-state index is 12.8. The van der Waals surface area contributed by atoms with E-state index < -0.39 is 0 Å². The Hall–Kier alpha value is -3.78. The van der Waals surface area contributed by atoms with E-state index in [2.05, 4.69) is 28.6 Å². The van der Waals surface area contributed by atoms with E-state index in [-0.39, 0.29) is 17.7 Å². The maximum atomic E-state index is 12.8. The van der Waals surface area contributed by atoms with Gasteiger partial charge in [-0.15, -0.1) is 11.3 Å². The van der Waals surface area contributed by atoms with Gasteiger partial charge >= 0.3 is 0 Å². The molecule has 4 aromatic rings. The van der Waals surface area contributed by atoms with Crippen molar-refractivity contribution in [1.82, 2.24) is 4.98 Å². The Morgan fingerprint density at radius 1 is 1.09 bits per heavy atom. The number of pyridine rings is 1. The Balaban J connectivity index is 1.78. The first-order chi connectivity index (χ1) is 16.1. The fourth-order valence-corrected chi connectivity index (χ4v) is 4.52. The average Bonchev–Trinajstić information content (AvgIpc) is 3.53. The first-order valence-corrected chi connectivity index (χ1v) is 11.3. The van der Waals surface area contributed by atoms with Crippen LogP contribution < -0.4 is 20.1 Å². The summed E-state index contributed by atoms with van der Waals surface area (Å²) < 4.78 is 16.2. The van der Waals surface area contributed by atoms with Crippen LogP contribution in [0.25, 0.3) is 0 Å². The van der Waals surface area contributed by atoms with Crippen LogP contribution in [-0.2, 0) is 6.42 Å². The fourth-order valence-electron chi connectivity index (χ4n) is 3.49. The Labute approximate surface area is 196 Å². The number of rotatable bonds is 9. The zero-order valence-corrected chi connectivity index (χ0v) is 19.4. The highest BCUT2D eigenvalue weighted by Gasteiger charge is 2.24. The molecule has 33 heavy (non-hydrogen) atoms. The summed E-state index contributed by atoms with van der Waals surface area (Å²) in [6, 6.07) is 16.6. The van der Waals surface area contributed by atoms with Gasteiger partial charge < -0.3 is 24.5 Å². The van der Waals surface area contributed by atoms with Crippen LogP contribution in [0.2, 0.25) is 0 Å². The number of carbonyl (C=O) groups is 1.